The number of hydrogen-bond donors (Lipinski definition) is 0. The minimum absolute atomic E-state index is 0. The largest absolute Gasteiger partial charge is 2.00 e. The molecule has 0 saturated carbocycles. The Bertz CT molecular complexity index is 1140. The molecule has 12 N–H and O–H groups in total. The quantitative estimate of drug-likeness (QED) is 0.161. The average Bonchev–Trinajstić information content (AvgIpc) is 3.01. The molecule has 0 aromatic carbocycles. The maximum atomic E-state index is 4.19. The SMILES string of the molecule is O.O.O.O.O.O.[Cl-].[Cl-].[Ru+2].c1ccc(-c2ccccn2)nc1.c1ccc(-c2ccccn2)nc1.c1ccc(-c2ccccn2)nc1. The Morgan fingerprint density at radius 3 is 0.467 bits per heavy atom. The van der Waals surface area contributed by atoms with Gasteiger partial charge in [-0.1, -0.05) is 36.4 Å². The van der Waals surface area contributed by atoms with Crippen molar-refractivity contribution in [3.05, 3.63) is 146 Å². The Morgan fingerprint density at radius 1 is 0.244 bits per heavy atom. The van der Waals surface area contributed by atoms with Gasteiger partial charge in [0.1, 0.15) is 0 Å². The zero-order chi connectivity index (χ0) is 24.7. The minimum Gasteiger partial charge on any atom is -1.00 e. The van der Waals surface area contributed by atoms with E-state index < -0.39 is 0 Å². The molecule has 45 heavy (non-hydrogen) atoms. The third-order valence-electron chi connectivity index (χ3n) is 4.78. The van der Waals surface area contributed by atoms with Gasteiger partial charge in [0.25, 0.3) is 0 Å². The van der Waals surface area contributed by atoms with Crippen molar-refractivity contribution < 1.29 is 77.1 Å². The number of halogens is 2. The standard InChI is InChI=1S/3C10H8N2.2ClH.6H2O.Ru/c3*1-3-7-11-9(5-1)10-6-2-4-8-12-10;;;;;;;;;/h3*1-8H;2*1H;6*1H2;/q;;;;;;;;;;;+2/p-2. The van der Waals surface area contributed by atoms with Crippen LogP contribution in [0.2, 0.25) is 0 Å². The minimum atomic E-state index is 0. The van der Waals surface area contributed by atoms with Gasteiger partial charge in [-0.25, -0.2) is 0 Å². The van der Waals surface area contributed by atoms with Crippen molar-refractivity contribution in [2.24, 2.45) is 0 Å². The van der Waals surface area contributed by atoms with Gasteiger partial charge < -0.3 is 57.7 Å². The smallest absolute Gasteiger partial charge is 1.00 e. The molecule has 0 bridgehead atoms. The van der Waals surface area contributed by atoms with Gasteiger partial charge in [-0.15, -0.1) is 0 Å². The average molecular weight is 749 g/mol. The molecule has 0 unspecified atom stereocenters. The summed E-state index contributed by atoms with van der Waals surface area (Å²) in [5.74, 6) is 0. The topological polar surface area (TPSA) is 266 Å². The predicted octanol–water partition coefficient (Wildman–Crippen LogP) is -4.51. The molecule has 12 nitrogen and oxygen atoms in total. The van der Waals surface area contributed by atoms with Crippen LogP contribution < -0.4 is 24.8 Å². The normalized spacial score (nSPS) is 7.73. The molecule has 6 rings (SSSR count). The van der Waals surface area contributed by atoms with Crippen LogP contribution in [0.5, 0.6) is 0 Å². The van der Waals surface area contributed by atoms with Crippen molar-refractivity contribution in [2.75, 3.05) is 0 Å². The fraction of sp³-hybridized carbons (Fsp3) is 0. The van der Waals surface area contributed by atoms with E-state index in [1.54, 1.807) is 37.2 Å². The van der Waals surface area contributed by atoms with Crippen LogP contribution in [-0.2, 0) is 19.5 Å². The van der Waals surface area contributed by atoms with E-state index >= 15 is 0 Å². The number of nitrogens with zero attached hydrogens (tertiary/aromatic N) is 6. The molecule has 0 spiro atoms. The summed E-state index contributed by atoms with van der Waals surface area (Å²) in [6, 6.07) is 34.8. The molecular weight excluding hydrogens is 712 g/mol. The van der Waals surface area contributed by atoms with Crippen LogP contribution in [0.15, 0.2) is 146 Å². The number of pyridine rings is 6. The Labute approximate surface area is 286 Å². The van der Waals surface area contributed by atoms with E-state index in [9.17, 15) is 0 Å². The molecule has 0 radical (unpaired) electrons. The fourth-order valence-electron chi connectivity index (χ4n) is 3.09. The van der Waals surface area contributed by atoms with E-state index in [1.165, 1.54) is 0 Å². The van der Waals surface area contributed by atoms with E-state index in [0.717, 1.165) is 34.2 Å². The molecule has 6 aromatic rings. The maximum Gasteiger partial charge on any atom is 2.00 e. The third kappa shape index (κ3) is 18.3. The summed E-state index contributed by atoms with van der Waals surface area (Å²) in [5, 5.41) is 0. The van der Waals surface area contributed by atoms with Gasteiger partial charge in [0.05, 0.1) is 34.2 Å². The summed E-state index contributed by atoms with van der Waals surface area (Å²) >= 11 is 0. The summed E-state index contributed by atoms with van der Waals surface area (Å²) < 4.78 is 0. The van der Waals surface area contributed by atoms with E-state index in [2.05, 4.69) is 29.9 Å². The molecule has 15 heteroatoms. The first-order valence-electron chi connectivity index (χ1n) is 11.4. The Hall–Kier alpha value is -4.14. The van der Waals surface area contributed by atoms with E-state index in [-0.39, 0.29) is 77.1 Å². The number of aromatic nitrogens is 6. The second-order valence-corrected chi connectivity index (χ2v) is 7.29. The van der Waals surface area contributed by atoms with Gasteiger partial charge in [0, 0.05) is 37.2 Å². The third-order valence-corrected chi connectivity index (χ3v) is 4.78. The monoisotopic (exact) mass is 748 g/mol. The number of hydrogen-bond acceptors (Lipinski definition) is 6. The first-order chi connectivity index (χ1) is 17.9. The van der Waals surface area contributed by atoms with Crippen molar-refractivity contribution in [3.8, 4) is 34.2 Å². The molecule has 6 heterocycles. The predicted molar refractivity (Wildman–Crippen MR) is 164 cm³/mol. The molecule has 0 atom stereocenters. The van der Waals surface area contributed by atoms with Gasteiger partial charge in [0.2, 0.25) is 0 Å². The molecule has 0 aliphatic heterocycles. The van der Waals surface area contributed by atoms with Gasteiger partial charge in [0.15, 0.2) is 0 Å². The van der Waals surface area contributed by atoms with E-state index in [1.807, 2.05) is 109 Å². The molecule has 244 valence electrons. The van der Waals surface area contributed by atoms with Crippen LogP contribution in [0.3, 0.4) is 0 Å². The summed E-state index contributed by atoms with van der Waals surface area (Å²) in [7, 11) is 0. The first-order valence-corrected chi connectivity index (χ1v) is 11.4. The second-order valence-electron chi connectivity index (χ2n) is 7.29. The summed E-state index contributed by atoms with van der Waals surface area (Å²) in [5.41, 5.74) is 5.49. The molecular formula is C30H36Cl2N6O6Ru. The van der Waals surface area contributed by atoms with Crippen LogP contribution >= 0.6 is 0 Å². The Balaban J connectivity index is -0.000000115. The summed E-state index contributed by atoms with van der Waals surface area (Å²) in [6.07, 6.45) is 10.6. The molecule has 0 aliphatic carbocycles. The van der Waals surface area contributed by atoms with Gasteiger partial charge in [-0.3, -0.25) is 29.9 Å². The molecule has 0 fully saturated rings. The van der Waals surface area contributed by atoms with Crippen molar-refractivity contribution in [3.63, 3.8) is 0 Å². The summed E-state index contributed by atoms with van der Waals surface area (Å²) in [4.78, 5) is 25.1. The van der Waals surface area contributed by atoms with Gasteiger partial charge in [-0.05, 0) is 72.8 Å². The van der Waals surface area contributed by atoms with Crippen LogP contribution in [0, 0.1) is 0 Å². The van der Waals surface area contributed by atoms with Gasteiger partial charge >= 0.3 is 19.5 Å². The Morgan fingerprint density at radius 2 is 0.378 bits per heavy atom. The van der Waals surface area contributed by atoms with Gasteiger partial charge in [-0.2, -0.15) is 0 Å². The van der Waals surface area contributed by atoms with Crippen LogP contribution in [0.4, 0.5) is 0 Å². The van der Waals surface area contributed by atoms with Crippen LogP contribution in [-0.4, -0.2) is 62.8 Å². The van der Waals surface area contributed by atoms with Crippen molar-refractivity contribution >= 4 is 0 Å². The summed E-state index contributed by atoms with van der Waals surface area (Å²) in [6.45, 7) is 0. The number of rotatable bonds is 3. The van der Waals surface area contributed by atoms with Crippen molar-refractivity contribution in [2.45, 2.75) is 0 Å². The molecule has 0 saturated heterocycles. The first kappa shape index (κ1) is 53.4. The van der Waals surface area contributed by atoms with Crippen LogP contribution in [0.25, 0.3) is 34.2 Å². The van der Waals surface area contributed by atoms with Crippen molar-refractivity contribution in [1.82, 2.24) is 29.9 Å². The zero-order valence-electron chi connectivity index (χ0n) is 23.6. The molecule has 6 aromatic heterocycles. The Kier molecular flexibility index (Phi) is 37.2. The van der Waals surface area contributed by atoms with E-state index in [0.29, 0.717) is 0 Å². The second kappa shape index (κ2) is 31.3. The zero-order valence-corrected chi connectivity index (χ0v) is 26.9. The van der Waals surface area contributed by atoms with Crippen LogP contribution in [0.1, 0.15) is 0 Å². The van der Waals surface area contributed by atoms with Crippen molar-refractivity contribution in [1.29, 1.82) is 0 Å². The molecule has 0 aliphatic rings. The van der Waals surface area contributed by atoms with E-state index in [4.69, 9.17) is 0 Å². The fourth-order valence-corrected chi connectivity index (χ4v) is 3.09. The molecule has 0 amide bonds. The maximum absolute atomic E-state index is 4.19.